The van der Waals surface area contributed by atoms with Gasteiger partial charge in [-0.25, -0.2) is 0 Å². The lowest BCUT2D eigenvalue weighted by Crippen LogP contribution is -2.28. The molecule has 0 saturated carbocycles. The van der Waals surface area contributed by atoms with Gasteiger partial charge in [-0.1, -0.05) is 30.0 Å². The number of furan rings is 1. The standard InChI is InChI=1S/C22H26N4O4S/c1-6-11-26-21(17-10-12-30-15(17)2)23-24-22(26)31-14-19(27)25(3)13-16-8-7-9-18(28-4)20(16)29-5/h6-10,12H,1,11,13-14H2,2-5H3. The van der Waals surface area contributed by atoms with Gasteiger partial charge in [0.05, 0.1) is 31.8 Å². The van der Waals surface area contributed by atoms with Crippen LogP contribution in [0.4, 0.5) is 0 Å². The highest BCUT2D eigenvalue weighted by Gasteiger charge is 2.19. The van der Waals surface area contributed by atoms with Crippen molar-refractivity contribution >= 4 is 17.7 Å². The number of ether oxygens (including phenoxy) is 2. The number of rotatable bonds is 10. The van der Waals surface area contributed by atoms with Crippen LogP contribution in [0.5, 0.6) is 11.5 Å². The van der Waals surface area contributed by atoms with Crippen molar-refractivity contribution in [3.05, 3.63) is 54.5 Å². The van der Waals surface area contributed by atoms with Crippen LogP contribution in [0.15, 0.2) is 52.8 Å². The summed E-state index contributed by atoms with van der Waals surface area (Å²) in [6, 6.07) is 7.47. The first-order chi connectivity index (χ1) is 15.0. The lowest BCUT2D eigenvalue weighted by atomic mass is 10.1. The third-order valence-electron chi connectivity index (χ3n) is 4.77. The van der Waals surface area contributed by atoms with Crippen LogP contribution >= 0.6 is 11.8 Å². The molecular weight excluding hydrogens is 416 g/mol. The lowest BCUT2D eigenvalue weighted by molar-refractivity contribution is -0.127. The van der Waals surface area contributed by atoms with Crippen molar-refractivity contribution in [1.29, 1.82) is 0 Å². The number of thioether (sulfide) groups is 1. The molecule has 0 fully saturated rings. The molecule has 1 aromatic carbocycles. The molecule has 3 rings (SSSR count). The molecule has 3 aromatic rings. The number of carbonyl (C=O) groups is 1. The van der Waals surface area contributed by atoms with Crippen LogP contribution in [0, 0.1) is 6.92 Å². The second-order valence-corrected chi connectivity index (χ2v) is 7.73. The third kappa shape index (κ3) is 4.93. The van der Waals surface area contributed by atoms with Crippen LogP contribution in [0.3, 0.4) is 0 Å². The third-order valence-corrected chi connectivity index (χ3v) is 5.72. The minimum Gasteiger partial charge on any atom is -0.493 e. The van der Waals surface area contributed by atoms with E-state index in [-0.39, 0.29) is 11.7 Å². The summed E-state index contributed by atoms with van der Waals surface area (Å²) in [5.74, 6) is 2.90. The predicted molar refractivity (Wildman–Crippen MR) is 119 cm³/mol. The topological polar surface area (TPSA) is 82.6 Å². The fraction of sp³-hybridized carbons (Fsp3) is 0.318. The quantitative estimate of drug-likeness (QED) is 0.349. The van der Waals surface area contributed by atoms with Gasteiger partial charge in [-0.15, -0.1) is 16.8 Å². The van der Waals surface area contributed by atoms with Gasteiger partial charge in [0, 0.05) is 25.7 Å². The average Bonchev–Trinajstić information content (AvgIpc) is 3.37. The highest BCUT2D eigenvalue weighted by atomic mass is 32.2. The van der Waals surface area contributed by atoms with Gasteiger partial charge in [0.15, 0.2) is 22.5 Å². The van der Waals surface area contributed by atoms with Crippen molar-refractivity contribution in [2.24, 2.45) is 0 Å². The van der Waals surface area contributed by atoms with Gasteiger partial charge in [-0.2, -0.15) is 0 Å². The van der Waals surface area contributed by atoms with E-state index in [0.29, 0.717) is 35.6 Å². The minimum absolute atomic E-state index is 0.0379. The summed E-state index contributed by atoms with van der Waals surface area (Å²) in [6.07, 6.45) is 3.39. The van der Waals surface area contributed by atoms with E-state index in [9.17, 15) is 4.79 Å². The number of carbonyl (C=O) groups excluding carboxylic acids is 1. The molecule has 0 aliphatic rings. The molecule has 9 heteroatoms. The molecule has 1 amide bonds. The predicted octanol–water partition coefficient (Wildman–Crippen LogP) is 3.80. The van der Waals surface area contributed by atoms with Crippen LogP contribution in [0.2, 0.25) is 0 Å². The fourth-order valence-electron chi connectivity index (χ4n) is 3.16. The Morgan fingerprint density at radius 1 is 1.29 bits per heavy atom. The summed E-state index contributed by atoms with van der Waals surface area (Å²) in [6.45, 7) is 6.62. The molecule has 2 aromatic heterocycles. The van der Waals surface area contributed by atoms with Gasteiger partial charge in [0.1, 0.15) is 5.76 Å². The molecule has 0 spiro atoms. The summed E-state index contributed by atoms with van der Waals surface area (Å²) in [4.78, 5) is 14.4. The maximum atomic E-state index is 12.8. The van der Waals surface area contributed by atoms with E-state index < -0.39 is 0 Å². The minimum atomic E-state index is -0.0379. The summed E-state index contributed by atoms with van der Waals surface area (Å²) < 4.78 is 18.1. The van der Waals surface area contributed by atoms with E-state index in [1.807, 2.05) is 35.8 Å². The first kappa shape index (κ1) is 22.5. The second-order valence-electron chi connectivity index (χ2n) is 6.79. The number of allylic oxidation sites excluding steroid dienone is 1. The Kier molecular flexibility index (Phi) is 7.41. The Labute approximate surface area is 185 Å². The van der Waals surface area contributed by atoms with Crippen molar-refractivity contribution in [1.82, 2.24) is 19.7 Å². The molecule has 0 atom stereocenters. The normalized spacial score (nSPS) is 10.7. The molecule has 31 heavy (non-hydrogen) atoms. The summed E-state index contributed by atoms with van der Waals surface area (Å²) in [5.41, 5.74) is 1.74. The molecule has 8 nitrogen and oxygen atoms in total. The van der Waals surface area contributed by atoms with Crippen molar-refractivity contribution in [3.8, 4) is 22.9 Å². The largest absolute Gasteiger partial charge is 0.493 e. The Balaban J connectivity index is 1.70. The SMILES string of the molecule is C=CCn1c(SCC(=O)N(C)Cc2cccc(OC)c2OC)nnc1-c1ccoc1C. The van der Waals surface area contributed by atoms with Gasteiger partial charge in [-0.05, 0) is 19.1 Å². The first-order valence-electron chi connectivity index (χ1n) is 9.65. The van der Waals surface area contributed by atoms with Crippen LogP contribution in [0.25, 0.3) is 11.4 Å². The Hall–Kier alpha value is -3.20. The van der Waals surface area contributed by atoms with Gasteiger partial charge in [0.25, 0.3) is 0 Å². The van der Waals surface area contributed by atoms with Gasteiger partial charge in [0.2, 0.25) is 5.91 Å². The van der Waals surface area contributed by atoms with Crippen LogP contribution in [-0.2, 0) is 17.9 Å². The number of amides is 1. The average molecular weight is 443 g/mol. The summed E-state index contributed by atoms with van der Waals surface area (Å²) >= 11 is 1.34. The van der Waals surface area contributed by atoms with Crippen molar-refractivity contribution in [2.75, 3.05) is 27.0 Å². The zero-order chi connectivity index (χ0) is 22.4. The maximum Gasteiger partial charge on any atom is 0.233 e. The number of methoxy groups -OCH3 is 2. The highest BCUT2D eigenvalue weighted by Crippen LogP contribution is 2.32. The molecular formula is C22H26N4O4S. The molecule has 0 radical (unpaired) electrons. The van der Waals surface area contributed by atoms with Gasteiger partial charge in [-0.3, -0.25) is 9.36 Å². The molecule has 0 saturated heterocycles. The van der Waals surface area contributed by atoms with Crippen molar-refractivity contribution in [3.63, 3.8) is 0 Å². The van der Waals surface area contributed by atoms with E-state index >= 15 is 0 Å². The van der Waals surface area contributed by atoms with E-state index in [1.165, 1.54) is 11.8 Å². The maximum absolute atomic E-state index is 12.8. The van der Waals surface area contributed by atoms with Crippen LogP contribution in [0.1, 0.15) is 11.3 Å². The Morgan fingerprint density at radius 3 is 2.74 bits per heavy atom. The lowest BCUT2D eigenvalue weighted by Gasteiger charge is -2.19. The number of hydrogen-bond acceptors (Lipinski definition) is 7. The fourth-order valence-corrected chi connectivity index (χ4v) is 4.05. The monoisotopic (exact) mass is 442 g/mol. The second kappa shape index (κ2) is 10.2. The number of para-hydroxylation sites is 1. The smallest absolute Gasteiger partial charge is 0.233 e. The Bertz CT molecular complexity index is 1060. The molecule has 0 unspecified atom stereocenters. The summed E-state index contributed by atoms with van der Waals surface area (Å²) in [5, 5.41) is 9.23. The van der Waals surface area contributed by atoms with E-state index in [0.717, 1.165) is 16.9 Å². The van der Waals surface area contributed by atoms with Crippen molar-refractivity contribution < 1.29 is 18.7 Å². The molecule has 0 bridgehead atoms. The zero-order valence-electron chi connectivity index (χ0n) is 18.1. The number of aryl methyl sites for hydroxylation is 1. The molecule has 2 heterocycles. The number of hydrogen-bond donors (Lipinski definition) is 0. The van der Waals surface area contributed by atoms with E-state index in [2.05, 4.69) is 16.8 Å². The molecule has 164 valence electrons. The molecule has 0 N–H and O–H groups in total. The van der Waals surface area contributed by atoms with Crippen LogP contribution in [-0.4, -0.2) is 52.6 Å². The Morgan fingerprint density at radius 2 is 2.10 bits per heavy atom. The van der Waals surface area contributed by atoms with Crippen molar-refractivity contribution in [2.45, 2.75) is 25.2 Å². The van der Waals surface area contributed by atoms with Crippen LogP contribution < -0.4 is 9.47 Å². The van der Waals surface area contributed by atoms with Gasteiger partial charge >= 0.3 is 0 Å². The zero-order valence-corrected chi connectivity index (χ0v) is 18.9. The number of benzene rings is 1. The first-order valence-corrected chi connectivity index (χ1v) is 10.6. The van der Waals surface area contributed by atoms with E-state index in [1.54, 1.807) is 38.5 Å². The summed E-state index contributed by atoms with van der Waals surface area (Å²) in [7, 11) is 4.94. The number of nitrogens with zero attached hydrogens (tertiary/aromatic N) is 4. The van der Waals surface area contributed by atoms with Gasteiger partial charge < -0.3 is 18.8 Å². The highest BCUT2D eigenvalue weighted by molar-refractivity contribution is 7.99. The van der Waals surface area contributed by atoms with E-state index in [4.69, 9.17) is 13.9 Å². The molecule has 0 aliphatic heterocycles. The number of aromatic nitrogens is 3. The molecule has 0 aliphatic carbocycles.